The predicted molar refractivity (Wildman–Crippen MR) is 95.4 cm³/mol. The zero-order valence-electron chi connectivity index (χ0n) is 13.7. The van der Waals surface area contributed by atoms with Crippen molar-refractivity contribution in [2.75, 3.05) is 6.54 Å². The number of hydrogen-bond donors (Lipinski definition) is 3. The fourth-order valence-corrected chi connectivity index (χ4v) is 2.24. The largest absolute Gasteiger partial charge is 0.351 e. The highest BCUT2D eigenvalue weighted by molar-refractivity contribution is 6.33. The van der Waals surface area contributed by atoms with E-state index in [-0.39, 0.29) is 25.1 Å². The normalized spacial score (nSPS) is 10.0. The predicted octanol–water partition coefficient (Wildman–Crippen LogP) is 0.469. The topological polar surface area (TPSA) is 109 Å². The van der Waals surface area contributed by atoms with Crippen LogP contribution in [0.25, 0.3) is 0 Å². The average Bonchev–Trinajstić information content (AvgIpc) is 2.62. The van der Waals surface area contributed by atoms with E-state index in [9.17, 15) is 19.2 Å². The molecule has 0 unspecified atom stereocenters. The van der Waals surface area contributed by atoms with Gasteiger partial charge in [0.1, 0.15) is 6.54 Å². The van der Waals surface area contributed by atoms with Crippen molar-refractivity contribution >= 4 is 29.3 Å². The van der Waals surface area contributed by atoms with Crippen molar-refractivity contribution in [2.24, 2.45) is 0 Å². The summed E-state index contributed by atoms with van der Waals surface area (Å²) in [5, 5.41) is 2.88. The molecule has 136 valence electrons. The number of benzene rings is 1. The van der Waals surface area contributed by atoms with Gasteiger partial charge < -0.3 is 9.88 Å². The van der Waals surface area contributed by atoms with Crippen LogP contribution in [-0.4, -0.2) is 28.8 Å². The van der Waals surface area contributed by atoms with Gasteiger partial charge in [-0.05, 0) is 18.2 Å². The minimum absolute atomic E-state index is 0.0399. The van der Waals surface area contributed by atoms with E-state index in [0.29, 0.717) is 10.6 Å². The molecule has 3 N–H and O–H groups in total. The second kappa shape index (κ2) is 9.38. The van der Waals surface area contributed by atoms with Gasteiger partial charge in [-0.1, -0.05) is 29.8 Å². The molecule has 0 aliphatic carbocycles. The first-order chi connectivity index (χ1) is 12.5. The van der Waals surface area contributed by atoms with Gasteiger partial charge in [0, 0.05) is 25.2 Å². The minimum atomic E-state index is -0.549. The quantitative estimate of drug-likeness (QED) is 0.636. The lowest BCUT2D eigenvalue weighted by Crippen LogP contribution is -2.44. The SMILES string of the molecule is O=C(CCNC(=O)c1ccccc1Cl)NNC(=O)Cn1ccccc1=O. The first-order valence-corrected chi connectivity index (χ1v) is 8.11. The van der Waals surface area contributed by atoms with Crippen molar-refractivity contribution < 1.29 is 14.4 Å². The standard InChI is InChI=1S/C17H17ClN4O4/c18-13-6-2-1-5-12(13)17(26)19-9-8-14(23)20-21-15(24)11-22-10-4-3-7-16(22)25/h1-7,10H,8-9,11H2,(H,19,26)(H,20,23)(H,21,24). The van der Waals surface area contributed by atoms with Gasteiger partial charge in [-0.2, -0.15) is 0 Å². The summed E-state index contributed by atoms with van der Waals surface area (Å²) in [6, 6.07) is 11.1. The van der Waals surface area contributed by atoms with Crippen molar-refractivity contribution in [3.8, 4) is 0 Å². The van der Waals surface area contributed by atoms with E-state index >= 15 is 0 Å². The van der Waals surface area contributed by atoms with Gasteiger partial charge >= 0.3 is 0 Å². The molecule has 8 nitrogen and oxygen atoms in total. The van der Waals surface area contributed by atoms with Gasteiger partial charge in [-0.25, -0.2) is 0 Å². The zero-order valence-corrected chi connectivity index (χ0v) is 14.5. The average molecular weight is 377 g/mol. The molecule has 0 saturated heterocycles. The Balaban J connectivity index is 1.70. The molecule has 0 aliphatic heterocycles. The summed E-state index contributed by atoms with van der Waals surface area (Å²) in [4.78, 5) is 46.8. The minimum Gasteiger partial charge on any atom is -0.351 e. The summed E-state index contributed by atoms with van der Waals surface area (Å²) in [5.74, 6) is -1.43. The van der Waals surface area contributed by atoms with Crippen LogP contribution in [0.5, 0.6) is 0 Å². The highest BCUT2D eigenvalue weighted by atomic mass is 35.5. The summed E-state index contributed by atoms with van der Waals surface area (Å²) in [7, 11) is 0. The van der Waals surface area contributed by atoms with Crippen molar-refractivity contribution in [2.45, 2.75) is 13.0 Å². The molecule has 2 aromatic rings. The van der Waals surface area contributed by atoms with Crippen LogP contribution in [0, 0.1) is 0 Å². The molecule has 0 bridgehead atoms. The second-order valence-corrected chi connectivity index (χ2v) is 5.66. The van der Waals surface area contributed by atoms with Crippen LogP contribution in [0.3, 0.4) is 0 Å². The number of carbonyl (C=O) groups excluding carboxylic acids is 3. The van der Waals surface area contributed by atoms with Crippen LogP contribution in [0.4, 0.5) is 0 Å². The summed E-state index contributed by atoms with van der Waals surface area (Å²) >= 11 is 5.91. The number of nitrogens with zero attached hydrogens (tertiary/aromatic N) is 1. The zero-order chi connectivity index (χ0) is 18.9. The summed E-state index contributed by atoms with van der Waals surface area (Å²) in [6.07, 6.45) is 1.43. The number of nitrogens with one attached hydrogen (secondary N) is 3. The van der Waals surface area contributed by atoms with E-state index < -0.39 is 17.7 Å². The Bertz CT molecular complexity index is 866. The maximum Gasteiger partial charge on any atom is 0.258 e. The first-order valence-electron chi connectivity index (χ1n) is 7.73. The third-order valence-corrected chi connectivity index (χ3v) is 3.64. The van der Waals surface area contributed by atoms with E-state index in [2.05, 4.69) is 16.2 Å². The molecule has 1 aromatic heterocycles. The number of halogens is 1. The van der Waals surface area contributed by atoms with Crippen LogP contribution in [0.1, 0.15) is 16.8 Å². The number of hydrogen-bond acceptors (Lipinski definition) is 4. The van der Waals surface area contributed by atoms with Crippen LogP contribution >= 0.6 is 11.6 Å². The van der Waals surface area contributed by atoms with Gasteiger partial charge in [-0.3, -0.25) is 30.0 Å². The Morgan fingerprint density at radius 3 is 2.38 bits per heavy atom. The molecule has 1 heterocycles. The number of carbonyl (C=O) groups is 3. The van der Waals surface area contributed by atoms with Gasteiger partial charge in [0.15, 0.2) is 0 Å². The lowest BCUT2D eigenvalue weighted by molar-refractivity contribution is -0.129. The summed E-state index contributed by atoms with van der Waals surface area (Å²) in [6.45, 7) is -0.146. The third-order valence-electron chi connectivity index (χ3n) is 3.31. The summed E-state index contributed by atoms with van der Waals surface area (Å²) in [5.41, 5.74) is 4.41. The fourth-order valence-electron chi connectivity index (χ4n) is 2.02. The molecule has 0 aliphatic rings. The van der Waals surface area contributed by atoms with Crippen molar-refractivity contribution in [1.29, 1.82) is 0 Å². The molecule has 0 fully saturated rings. The third kappa shape index (κ3) is 5.75. The van der Waals surface area contributed by atoms with E-state index in [0.717, 1.165) is 0 Å². The molecule has 0 spiro atoms. The molecule has 26 heavy (non-hydrogen) atoms. The molecule has 0 radical (unpaired) electrons. The highest BCUT2D eigenvalue weighted by Crippen LogP contribution is 2.14. The number of rotatable bonds is 6. The van der Waals surface area contributed by atoms with Crippen LogP contribution in [-0.2, 0) is 16.1 Å². The Kier molecular flexibility index (Phi) is 6.92. The van der Waals surface area contributed by atoms with Crippen molar-refractivity contribution in [3.05, 3.63) is 69.6 Å². The molecule has 9 heteroatoms. The lowest BCUT2D eigenvalue weighted by Gasteiger charge is -2.09. The van der Waals surface area contributed by atoms with Crippen LogP contribution in [0.2, 0.25) is 5.02 Å². The Hall–Kier alpha value is -3.13. The van der Waals surface area contributed by atoms with Gasteiger partial charge in [-0.15, -0.1) is 0 Å². The molecule has 3 amide bonds. The lowest BCUT2D eigenvalue weighted by atomic mass is 10.2. The monoisotopic (exact) mass is 376 g/mol. The first kappa shape index (κ1) is 19.2. The Morgan fingerprint density at radius 2 is 1.65 bits per heavy atom. The van der Waals surface area contributed by atoms with Gasteiger partial charge in [0.2, 0.25) is 5.91 Å². The van der Waals surface area contributed by atoms with E-state index in [4.69, 9.17) is 11.6 Å². The van der Waals surface area contributed by atoms with Crippen LogP contribution < -0.4 is 21.7 Å². The van der Waals surface area contributed by atoms with E-state index in [1.807, 2.05) is 0 Å². The molecule has 1 aromatic carbocycles. The van der Waals surface area contributed by atoms with E-state index in [1.165, 1.54) is 16.8 Å². The molecule has 2 rings (SSSR count). The van der Waals surface area contributed by atoms with Crippen molar-refractivity contribution in [1.82, 2.24) is 20.7 Å². The highest BCUT2D eigenvalue weighted by Gasteiger charge is 2.10. The van der Waals surface area contributed by atoms with Crippen LogP contribution in [0.15, 0.2) is 53.5 Å². The molecular weight excluding hydrogens is 360 g/mol. The maximum atomic E-state index is 11.9. The number of amides is 3. The molecule has 0 atom stereocenters. The molecular formula is C17H17ClN4O4. The Morgan fingerprint density at radius 1 is 0.962 bits per heavy atom. The smallest absolute Gasteiger partial charge is 0.258 e. The number of hydrazine groups is 1. The second-order valence-electron chi connectivity index (χ2n) is 5.25. The summed E-state index contributed by atoms with van der Waals surface area (Å²) < 4.78 is 1.20. The van der Waals surface area contributed by atoms with E-state index in [1.54, 1.807) is 36.4 Å². The Labute approximate surface area is 154 Å². The number of aromatic nitrogens is 1. The fraction of sp³-hybridized carbons (Fsp3) is 0.176. The van der Waals surface area contributed by atoms with Gasteiger partial charge in [0.25, 0.3) is 17.4 Å². The van der Waals surface area contributed by atoms with Gasteiger partial charge in [0.05, 0.1) is 10.6 Å². The maximum absolute atomic E-state index is 11.9. The number of pyridine rings is 1. The van der Waals surface area contributed by atoms with Crippen molar-refractivity contribution in [3.63, 3.8) is 0 Å². The molecule has 0 saturated carbocycles.